The first-order valence-corrected chi connectivity index (χ1v) is 6.54. The molecule has 0 aliphatic carbocycles. The lowest BCUT2D eigenvalue weighted by Gasteiger charge is -2.19. The van der Waals surface area contributed by atoms with Crippen LogP contribution in [-0.2, 0) is 6.54 Å². The molecule has 0 atom stereocenters. The molecule has 20 heavy (non-hydrogen) atoms. The summed E-state index contributed by atoms with van der Waals surface area (Å²) >= 11 is 0. The van der Waals surface area contributed by atoms with E-state index in [9.17, 15) is 9.18 Å². The molecule has 3 heteroatoms. The Kier molecular flexibility index (Phi) is 4.18. The zero-order valence-electron chi connectivity index (χ0n) is 12.0. The summed E-state index contributed by atoms with van der Waals surface area (Å²) in [7, 11) is 1.76. The molecule has 2 aromatic rings. The minimum absolute atomic E-state index is 0.0180. The average molecular weight is 271 g/mol. The van der Waals surface area contributed by atoms with Crippen LogP contribution in [0.2, 0.25) is 0 Å². The number of rotatable bonds is 3. The van der Waals surface area contributed by atoms with Gasteiger partial charge < -0.3 is 4.90 Å². The van der Waals surface area contributed by atoms with Crippen molar-refractivity contribution in [1.82, 2.24) is 4.90 Å². The molecular formula is C17H18FNO. The van der Waals surface area contributed by atoms with Gasteiger partial charge in [0.25, 0.3) is 5.91 Å². The number of benzene rings is 2. The normalized spacial score (nSPS) is 10.4. The highest BCUT2D eigenvalue weighted by Gasteiger charge is 2.14. The third-order valence-electron chi connectivity index (χ3n) is 3.30. The highest BCUT2D eigenvalue weighted by atomic mass is 19.1. The van der Waals surface area contributed by atoms with Crippen LogP contribution in [0.1, 0.15) is 27.0 Å². The van der Waals surface area contributed by atoms with E-state index in [1.54, 1.807) is 24.1 Å². The molecule has 0 bridgehead atoms. The van der Waals surface area contributed by atoms with Crippen LogP contribution < -0.4 is 0 Å². The van der Waals surface area contributed by atoms with Crippen LogP contribution in [0.3, 0.4) is 0 Å². The van der Waals surface area contributed by atoms with Crippen molar-refractivity contribution in [3.63, 3.8) is 0 Å². The van der Waals surface area contributed by atoms with Crippen molar-refractivity contribution in [2.45, 2.75) is 20.4 Å². The lowest BCUT2D eigenvalue weighted by atomic mass is 10.0. The molecule has 0 aromatic heterocycles. The number of amides is 1. The van der Waals surface area contributed by atoms with Crippen molar-refractivity contribution >= 4 is 5.91 Å². The van der Waals surface area contributed by atoms with Crippen LogP contribution in [-0.4, -0.2) is 17.9 Å². The second-order valence-corrected chi connectivity index (χ2v) is 5.11. The standard InChI is InChI=1S/C17H18FNO/c1-12-4-5-13(2)16(10-12)17(20)19(3)11-14-6-8-15(18)9-7-14/h4-10H,11H2,1-3H3. The van der Waals surface area contributed by atoms with Crippen LogP contribution >= 0.6 is 0 Å². The highest BCUT2D eigenvalue weighted by Crippen LogP contribution is 2.14. The molecule has 0 aliphatic rings. The first-order valence-electron chi connectivity index (χ1n) is 6.54. The molecule has 0 radical (unpaired) electrons. The number of hydrogen-bond donors (Lipinski definition) is 0. The van der Waals surface area contributed by atoms with Crippen molar-refractivity contribution in [3.8, 4) is 0 Å². The largest absolute Gasteiger partial charge is 0.337 e. The Morgan fingerprint density at radius 3 is 2.40 bits per heavy atom. The Hall–Kier alpha value is -2.16. The minimum atomic E-state index is -0.266. The summed E-state index contributed by atoms with van der Waals surface area (Å²) < 4.78 is 12.9. The first-order chi connectivity index (χ1) is 9.47. The van der Waals surface area contributed by atoms with Gasteiger partial charge >= 0.3 is 0 Å². The Morgan fingerprint density at radius 1 is 1.10 bits per heavy atom. The van der Waals surface area contributed by atoms with Crippen LogP contribution in [0.4, 0.5) is 4.39 Å². The van der Waals surface area contributed by atoms with Gasteiger partial charge in [-0.2, -0.15) is 0 Å². The van der Waals surface area contributed by atoms with Gasteiger partial charge in [0.1, 0.15) is 5.82 Å². The van der Waals surface area contributed by atoms with Gasteiger partial charge in [-0.25, -0.2) is 4.39 Å². The number of carbonyl (C=O) groups is 1. The molecule has 0 saturated carbocycles. The number of halogens is 1. The third-order valence-corrected chi connectivity index (χ3v) is 3.30. The van der Waals surface area contributed by atoms with Gasteiger partial charge in [-0.1, -0.05) is 29.8 Å². The maximum atomic E-state index is 12.9. The van der Waals surface area contributed by atoms with E-state index in [0.29, 0.717) is 6.54 Å². The Morgan fingerprint density at radius 2 is 1.75 bits per heavy atom. The number of carbonyl (C=O) groups excluding carboxylic acids is 1. The Labute approximate surface area is 118 Å². The summed E-state index contributed by atoms with van der Waals surface area (Å²) in [5, 5.41) is 0. The molecule has 0 heterocycles. The maximum absolute atomic E-state index is 12.9. The smallest absolute Gasteiger partial charge is 0.254 e. The molecule has 0 fully saturated rings. The molecule has 0 saturated heterocycles. The summed E-state index contributed by atoms with van der Waals surface area (Å²) in [6, 6.07) is 12.1. The summed E-state index contributed by atoms with van der Waals surface area (Å²) in [5.41, 5.74) is 3.66. The number of hydrogen-bond acceptors (Lipinski definition) is 1. The minimum Gasteiger partial charge on any atom is -0.337 e. The molecule has 0 N–H and O–H groups in total. The monoisotopic (exact) mass is 271 g/mol. The van der Waals surface area contributed by atoms with E-state index in [-0.39, 0.29) is 11.7 Å². The lowest BCUT2D eigenvalue weighted by molar-refractivity contribution is 0.0784. The topological polar surface area (TPSA) is 20.3 Å². The number of nitrogens with zero attached hydrogens (tertiary/aromatic N) is 1. The van der Waals surface area contributed by atoms with Crippen molar-refractivity contribution in [3.05, 3.63) is 70.5 Å². The highest BCUT2D eigenvalue weighted by molar-refractivity contribution is 5.95. The van der Waals surface area contributed by atoms with Crippen molar-refractivity contribution in [2.24, 2.45) is 0 Å². The summed E-state index contributed by atoms with van der Waals surface area (Å²) in [6.45, 7) is 4.36. The van der Waals surface area contributed by atoms with Crippen molar-refractivity contribution in [2.75, 3.05) is 7.05 Å². The molecule has 0 spiro atoms. The van der Waals surface area contributed by atoms with E-state index < -0.39 is 0 Å². The van der Waals surface area contributed by atoms with Gasteiger partial charge in [-0.15, -0.1) is 0 Å². The summed E-state index contributed by atoms with van der Waals surface area (Å²) in [4.78, 5) is 14.1. The van der Waals surface area contributed by atoms with Gasteiger partial charge in [-0.05, 0) is 43.2 Å². The van der Waals surface area contributed by atoms with Gasteiger partial charge in [0, 0.05) is 19.2 Å². The fourth-order valence-electron chi connectivity index (χ4n) is 2.11. The van der Waals surface area contributed by atoms with Crippen LogP contribution in [0, 0.1) is 19.7 Å². The van der Waals surface area contributed by atoms with Crippen LogP contribution in [0.15, 0.2) is 42.5 Å². The first kappa shape index (κ1) is 14.3. The molecule has 0 unspecified atom stereocenters. The summed E-state index contributed by atoms with van der Waals surface area (Å²) in [5.74, 6) is -0.284. The van der Waals surface area contributed by atoms with E-state index in [2.05, 4.69) is 0 Å². The Balaban J connectivity index is 2.16. The average Bonchev–Trinajstić information content (AvgIpc) is 2.43. The molecule has 0 aliphatic heterocycles. The van der Waals surface area contributed by atoms with Crippen LogP contribution in [0.5, 0.6) is 0 Å². The Bertz CT molecular complexity index is 619. The second-order valence-electron chi connectivity index (χ2n) is 5.11. The quantitative estimate of drug-likeness (QED) is 0.833. The van der Waals surface area contributed by atoms with Crippen LogP contribution in [0.25, 0.3) is 0 Å². The van der Waals surface area contributed by atoms with Crippen molar-refractivity contribution < 1.29 is 9.18 Å². The van der Waals surface area contributed by atoms with E-state index in [4.69, 9.17) is 0 Å². The molecule has 1 amide bonds. The molecule has 2 rings (SSSR count). The van der Waals surface area contributed by atoms with Gasteiger partial charge in [-0.3, -0.25) is 4.79 Å². The predicted molar refractivity (Wildman–Crippen MR) is 78.1 cm³/mol. The van der Waals surface area contributed by atoms with E-state index in [0.717, 1.165) is 22.3 Å². The van der Waals surface area contributed by atoms with Gasteiger partial charge in [0.15, 0.2) is 0 Å². The fraction of sp³-hybridized carbons (Fsp3) is 0.235. The second kappa shape index (κ2) is 5.87. The van der Waals surface area contributed by atoms with Gasteiger partial charge in [0.05, 0.1) is 0 Å². The zero-order chi connectivity index (χ0) is 14.7. The van der Waals surface area contributed by atoms with E-state index in [1.165, 1.54) is 12.1 Å². The predicted octanol–water partition coefficient (Wildman–Crippen LogP) is 3.71. The maximum Gasteiger partial charge on any atom is 0.254 e. The molecule has 2 nitrogen and oxygen atoms in total. The molecule has 104 valence electrons. The SMILES string of the molecule is Cc1ccc(C)c(C(=O)N(C)Cc2ccc(F)cc2)c1. The molecular weight excluding hydrogens is 253 g/mol. The third kappa shape index (κ3) is 3.23. The van der Waals surface area contributed by atoms with E-state index >= 15 is 0 Å². The zero-order valence-corrected chi connectivity index (χ0v) is 12.0. The summed E-state index contributed by atoms with van der Waals surface area (Å²) in [6.07, 6.45) is 0. The molecule has 2 aromatic carbocycles. The van der Waals surface area contributed by atoms with E-state index in [1.807, 2.05) is 32.0 Å². The van der Waals surface area contributed by atoms with Crippen molar-refractivity contribution in [1.29, 1.82) is 0 Å². The number of aryl methyl sites for hydroxylation is 2. The van der Waals surface area contributed by atoms with Gasteiger partial charge in [0.2, 0.25) is 0 Å². The fourth-order valence-corrected chi connectivity index (χ4v) is 2.11. The lowest BCUT2D eigenvalue weighted by Crippen LogP contribution is -2.26.